The average molecular weight is 265 g/mol. The van der Waals surface area contributed by atoms with Crippen LogP contribution in [0.4, 0.5) is 5.69 Å². The fourth-order valence-electron chi connectivity index (χ4n) is 1.46. The van der Waals surface area contributed by atoms with Crippen molar-refractivity contribution in [3.8, 4) is 0 Å². The van der Waals surface area contributed by atoms with Gasteiger partial charge in [0.2, 0.25) is 5.91 Å². The minimum absolute atomic E-state index is 0.0793. The second-order valence-electron chi connectivity index (χ2n) is 3.87. The van der Waals surface area contributed by atoms with E-state index in [0.717, 1.165) is 22.0 Å². The highest BCUT2D eigenvalue weighted by Gasteiger charge is 2.07. The van der Waals surface area contributed by atoms with E-state index in [2.05, 4.69) is 17.2 Å². The van der Waals surface area contributed by atoms with Gasteiger partial charge in [-0.15, -0.1) is 11.8 Å². The lowest BCUT2D eigenvalue weighted by atomic mass is 10.2. The number of nitrogens with two attached hydrogens (primary N) is 1. The number of thioether (sulfide) groups is 1. The van der Waals surface area contributed by atoms with E-state index in [9.17, 15) is 4.79 Å². The van der Waals surface area contributed by atoms with Gasteiger partial charge in [-0.2, -0.15) is 0 Å². The lowest BCUT2D eigenvalue weighted by molar-refractivity contribution is -0.119. The van der Waals surface area contributed by atoms with Gasteiger partial charge in [0.05, 0.1) is 0 Å². The van der Waals surface area contributed by atoms with Gasteiger partial charge in [0.15, 0.2) is 0 Å². The number of amides is 1. The number of aliphatic imine (C=N–C) groups is 1. The molecule has 0 radical (unpaired) electrons. The summed E-state index contributed by atoms with van der Waals surface area (Å²) in [5.41, 5.74) is 7.42. The van der Waals surface area contributed by atoms with Crippen molar-refractivity contribution in [2.45, 2.75) is 26.9 Å². The molecule has 0 aliphatic heterocycles. The standard InChI is InChI=1S/C13H19N3OS/c1-4-18-13(16-9(2)15-10(3)17)11-5-7-12(14)8-6-11/h5-9H,4,14H2,1-3H3,(H,15,17)/b16-13-. The molecule has 0 saturated heterocycles. The van der Waals surface area contributed by atoms with Gasteiger partial charge in [-0.05, 0) is 24.8 Å². The van der Waals surface area contributed by atoms with Crippen LogP contribution in [0, 0.1) is 0 Å². The van der Waals surface area contributed by atoms with Crippen LogP contribution in [0.5, 0.6) is 0 Å². The van der Waals surface area contributed by atoms with E-state index in [0.29, 0.717) is 0 Å². The molecule has 0 heterocycles. The van der Waals surface area contributed by atoms with Crippen LogP contribution in [-0.4, -0.2) is 22.9 Å². The number of hydrogen-bond acceptors (Lipinski definition) is 4. The van der Waals surface area contributed by atoms with Gasteiger partial charge in [0.1, 0.15) is 11.2 Å². The van der Waals surface area contributed by atoms with Gasteiger partial charge < -0.3 is 11.1 Å². The first-order valence-electron chi connectivity index (χ1n) is 5.86. The molecule has 1 aromatic rings. The van der Waals surface area contributed by atoms with Crippen molar-refractivity contribution in [1.29, 1.82) is 0 Å². The van der Waals surface area contributed by atoms with Crippen LogP contribution >= 0.6 is 11.8 Å². The van der Waals surface area contributed by atoms with E-state index >= 15 is 0 Å². The molecule has 0 aliphatic rings. The molecule has 0 aromatic heterocycles. The average Bonchev–Trinajstić information content (AvgIpc) is 2.28. The van der Waals surface area contributed by atoms with E-state index in [1.54, 1.807) is 11.8 Å². The molecular weight excluding hydrogens is 246 g/mol. The van der Waals surface area contributed by atoms with Crippen molar-refractivity contribution in [3.63, 3.8) is 0 Å². The zero-order chi connectivity index (χ0) is 13.5. The van der Waals surface area contributed by atoms with Crippen molar-refractivity contribution < 1.29 is 4.79 Å². The van der Waals surface area contributed by atoms with Gasteiger partial charge in [-0.1, -0.05) is 19.1 Å². The number of nitrogen functional groups attached to an aromatic ring is 1. The zero-order valence-electron chi connectivity index (χ0n) is 10.9. The summed E-state index contributed by atoms with van der Waals surface area (Å²) in [4.78, 5) is 15.5. The van der Waals surface area contributed by atoms with Crippen LogP contribution in [0.3, 0.4) is 0 Å². The van der Waals surface area contributed by atoms with Gasteiger partial charge in [-0.3, -0.25) is 9.79 Å². The van der Waals surface area contributed by atoms with Crippen LogP contribution in [0.15, 0.2) is 29.3 Å². The number of benzene rings is 1. The van der Waals surface area contributed by atoms with Crippen molar-refractivity contribution in [3.05, 3.63) is 29.8 Å². The predicted octanol–water partition coefficient (Wildman–Crippen LogP) is 2.25. The fourth-order valence-corrected chi connectivity index (χ4v) is 2.27. The second kappa shape index (κ2) is 7.06. The second-order valence-corrected chi connectivity index (χ2v) is 5.12. The summed E-state index contributed by atoms with van der Waals surface area (Å²) in [6, 6.07) is 7.59. The van der Waals surface area contributed by atoms with Gasteiger partial charge in [0.25, 0.3) is 0 Å². The first kappa shape index (κ1) is 14.6. The maximum Gasteiger partial charge on any atom is 0.218 e. The molecule has 3 N–H and O–H groups in total. The van der Waals surface area contributed by atoms with Crippen LogP contribution in [0.2, 0.25) is 0 Å². The third kappa shape index (κ3) is 4.79. The normalized spacial score (nSPS) is 13.2. The Hall–Kier alpha value is -1.49. The smallest absolute Gasteiger partial charge is 0.218 e. The monoisotopic (exact) mass is 265 g/mol. The SMILES string of the molecule is CCS/C(=N\C(C)NC(C)=O)c1ccc(N)cc1. The lowest BCUT2D eigenvalue weighted by Crippen LogP contribution is -2.29. The van der Waals surface area contributed by atoms with Crippen molar-refractivity contribution in [1.82, 2.24) is 5.32 Å². The highest BCUT2D eigenvalue weighted by atomic mass is 32.2. The molecule has 4 nitrogen and oxygen atoms in total. The maximum atomic E-state index is 11.0. The Morgan fingerprint density at radius 2 is 2.06 bits per heavy atom. The van der Waals surface area contributed by atoms with E-state index in [1.165, 1.54) is 6.92 Å². The number of nitrogens with zero attached hydrogens (tertiary/aromatic N) is 1. The van der Waals surface area contributed by atoms with Crippen LogP contribution in [0.25, 0.3) is 0 Å². The molecule has 1 aromatic carbocycles. The van der Waals surface area contributed by atoms with Crippen LogP contribution in [0.1, 0.15) is 26.3 Å². The number of anilines is 1. The van der Waals surface area contributed by atoms with Crippen molar-refractivity contribution in [2.24, 2.45) is 4.99 Å². The number of carbonyl (C=O) groups excluding carboxylic acids is 1. The summed E-state index contributed by atoms with van der Waals surface area (Å²) >= 11 is 1.65. The zero-order valence-corrected chi connectivity index (χ0v) is 11.8. The van der Waals surface area contributed by atoms with Gasteiger partial charge in [-0.25, -0.2) is 0 Å². The van der Waals surface area contributed by atoms with Crippen LogP contribution < -0.4 is 11.1 Å². The lowest BCUT2D eigenvalue weighted by Gasteiger charge is -2.11. The molecule has 1 unspecified atom stereocenters. The van der Waals surface area contributed by atoms with Gasteiger partial charge in [0, 0.05) is 18.2 Å². The molecular formula is C13H19N3OS. The third-order valence-corrected chi connectivity index (χ3v) is 3.06. The number of carbonyl (C=O) groups is 1. The molecule has 0 bridgehead atoms. The maximum absolute atomic E-state index is 11.0. The minimum atomic E-state index is -0.228. The van der Waals surface area contributed by atoms with E-state index < -0.39 is 0 Å². The molecule has 0 spiro atoms. The number of rotatable bonds is 4. The molecule has 1 rings (SSSR count). The summed E-state index contributed by atoms with van der Waals surface area (Å²) in [7, 11) is 0. The quantitative estimate of drug-likeness (QED) is 0.498. The topological polar surface area (TPSA) is 67.5 Å². The summed E-state index contributed by atoms with van der Waals surface area (Å²) in [6.45, 7) is 5.41. The molecule has 1 atom stereocenters. The first-order valence-corrected chi connectivity index (χ1v) is 6.85. The Kier molecular flexibility index (Phi) is 5.71. The Balaban J connectivity index is 2.90. The van der Waals surface area contributed by atoms with Crippen LogP contribution in [-0.2, 0) is 4.79 Å². The van der Waals surface area contributed by atoms with E-state index in [-0.39, 0.29) is 12.1 Å². The largest absolute Gasteiger partial charge is 0.399 e. The summed E-state index contributed by atoms with van der Waals surface area (Å²) < 4.78 is 0. The molecule has 18 heavy (non-hydrogen) atoms. The van der Waals surface area contributed by atoms with Crippen molar-refractivity contribution in [2.75, 3.05) is 11.5 Å². The highest BCUT2D eigenvalue weighted by molar-refractivity contribution is 8.14. The third-order valence-electron chi connectivity index (χ3n) is 2.16. The highest BCUT2D eigenvalue weighted by Crippen LogP contribution is 2.16. The molecule has 0 saturated carbocycles. The Morgan fingerprint density at radius 1 is 1.44 bits per heavy atom. The molecule has 0 fully saturated rings. The summed E-state index contributed by atoms with van der Waals surface area (Å²) in [5.74, 6) is 0.847. The van der Waals surface area contributed by atoms with E-state index in [1.807, 2.05) is 31.2 Å². The molecule has 1 amide bonds. The molecule has 98 valence electrons. The molecule has 0 aliphatic carbocycles. The minimum Gasteiger partial charge on any atom is -0.399 e. The Labute approximate surface area is 112 Å². The number of hydrogen-bond donors (Lipinski definition) is 2. The Morgan fingerprint density at radius 3 is 2.56 bits per heavy atom. The first-order chi connectivity index (χ1) is 8.52. The molecule has 5 heteroatoms. The van der Waals surface area contributed by atoms with Crippen molar-refractivity contribution >= 4 is 28.4 Å². The summed E-state index contributed by atoms with van der Waals surface area (Å²) in [6.07, 6.45) is -0.228. The predicted molar refractivity (Wildman–Crippen MR) is 78.8 cm³/mol. The summed E-state index contributed by atoms with van der Waals surface area (Å²) in [5, 5.41) is 3.66. The Bertz CT molecular complexity index is 428. The number of nitrogens with one attached hydrogen (secondary N) is 1. The van der Waals surface area contributed by atoms with Gasteiger partial charge >= 0.3 is 0 Å². The van der Waals surface area contributed by atoms with E-state index in [4.69, 9.17) is 5.73 Å². The fraction of sp³-hybridized carbons (Fsp3) is 0.385.